The highest BCUT2D eigenvalue weighted by Gasteiger charge is 2.45. The Bertz CT molecular complexity index is 231. The van der Waals surface area contributed by atoms with Crippen molar-refractivity contribution in [3.05, 3.63) is 0 Å². The van der Waals surface area contributed by atoms with Crippen LogP contribution >= 0.6 is 0 Å². The fraction of sp³-hybridized carbons (Fsp3) is 1.00. The first-order valence-electron chi connectivity index (χ1n) is 7.13. The van der Waals surface area contributed by atoms with Gasteiger partial charge in [-0.05, 0) is 51.0 Å². The predicted octanol–water partition coefficient (Wildman–Crippen LogP) is 2.48. The van der Waals surface area contributed by atoms with Gasteiger partial charge in [0, 0.05) is 13.2 Å². The molecule has 2 fully saturated rings. The number of epoxide rings is 1. The molecule has 1 saturated heterocycles. The summed E-state index contributed by atoms with van der Waals surface area (Å²) < 4.78 is 17.1. The summed E-state index contributed by atoms with van der Waals surface area (Å²) in [6, 6.07) is 1.16. The van der Waals surface area contributed by atoms with Gasteiger partial charge in [0.2, 0.25) is 0 Å². The van der Waals surface area contributed by atoms with Crippen molar-refractivity contribution in [2.45, 2.75) is 58.3 Å². The molecule has 1 aliphatic carbocycles. The molecule has 0 aromatic heterocycles. The smallest absolute Gasteiger partial charge is 0.321 e. The number of hydrogen-bond acceptors (Lipinski definition) is 3. The van der Waals surface area contributed by atoms with Crippen molar-refractivity contribution in [1.29, 1.82) is 0 Å². The molecule has 0 spiro atoms. The summed E-state index contributed by atoms with van der Waals surface area (Å²) in [7, 11) is -1.41. The van der Waals surface area contributed by atoms with E-state index in [4.69, 9.17) is 13.6 Å². The maximum atomic E-state index is 5.77. The zero-order valence-electron chi connectivity index (χ0n) is 11.4. The maximum absolute atomic E-state index is 5.77. The van der Waals surface area contributed by atoms with Crippen molar-refractivity contribution in [3.8, 4) is 0 Å². The Balaban J connectivity index is 1.75. The van der Waals surface area contributed by atoms with Gasteiger partial charge in [-0.15, -0.1) is 0 Å². The summed E-state index contributed by atoms with van der Waals surface area (Å²) in [5.41, 5.74) is 0. The lowest BCUT2D eigenvalue weighted by Gasteiger charge is -2.27. The highest BCUT2D eigenvalue weighted by atomic mass is 28.3. The van der Waals surface area contributed by atoms with Crippen molar-refractivity contribution < 1.29 is 13.6 Å². The van der Waals surface area contributed by atoms with Crippen molar-refractivity contribution in [2.24, 2.45) is 11.8 Å². The molecule has 17 heavy (non-hydrogen) atoms. The van der Waals surface area contributed by atoms with Gasteiger partial charge in [0.25, 0.3) is 0 Å². The number of ether oxygens (including phenoxy) is 1. The zero-order valence-corrected chi connectivity index (χ0v) is 12.5. The second-order valence-corrected chi connectivity index (χ2v) is 7.34. The van der Waals surface area contributed by atoms with Gasteiger partial charge in [0.05, 0.1) is 12.2 Å². The van der Waals surface area contributed by atoms with Crippen LogP contribution in [0.4, 0.5) is 0 Å². The van der Waals surface area contributed by atoms with E-state index in [9.17, 15) is 0 Å². The Morgan fingerprint density at radius 2 is 1.88 bits per heavy atom. The Kier molecular flexibility index (Phi) is 5.03. The zero-order chi connectivity index (χ0) is 12.3. The molecule has 1 aliphatic heterocycles. The Hall–Kier alpha value is 0.0969. The molecule has 1 saturated carbocycles. The molecule has 0 N–H and O–H groups in total. The first-order chi connectivity index (χ1) is 8.24. The van der Waals surface area contributed by atoms with Gasteiger partial charge in [-0.1, -0.05) is 6.92 Å². The van der Waals surface area contributed by atoms with E-state index in [0.29, 0.717) is 12.2 Å². The van der Waals surface area contributed by atoms with E-state index >= 15 is 0 Å². The van der Waals surface area contributed by atoms with E-state index < -0.39 is 9.28 Å². The number of fused-ring (bicyclic) bond motifs is 1. The summed E-state index contributed by atoms with van der Waals surface area (Å²) in [6.07, 6.45) is 5.09. The fourth-order valence-electron chi connectivity index (χ4n) is 3.00. The Labute approximate surface area is 107 Å². The number of rotatable bonds is 7. The van der Waals surface area contributed by atoms with Crippen molar-refractivity contribution in [2.75, 3.05) is 13.2 Å². The van der Waals surface area contributed by atoms with Crippen LogP contribution in [0.25, 0.3) is 0 Å². The molecule has 2 aliphatic rings. The molecule has 100 valence electrons. The van der Waals surface area contributed by atoms with Gasteiger partial charge >= 0.3 is 9.28 Å². The molecule has 0 aromatic rings. The molecular formula is C13H26O3Si. The molecule has 0 amide bonds. The van der Waals surface area contributed by atoms with E-state index in [-0.39, 0.29) is 0 Å². The fourth-order valence-corrected chi connectivity index (χ4v) is 5.11. The van der Waals surface area contributed by atoms with Gasteiger partial charge in [-0.2, -0.15) is 0 Å². The molecule has 2 rings (SSSR count). The van der Waals surface area contributed by atoms with E-state index in [0.717, 1.165) is 31.1 Å². The first-order valence-corrected chi connectivity index (χ1v) is 8.89. The summed E-state index contributed by atoms with van der Waals surface area (Å²) in [4.78, 5) is 0. The van der Waals surface area contributed by atoms with Crippen LogP contribution in [0.1, 0.15) is 40.0 Å². The summed E-state index contributed by atoms with van der Waals surface area (Å²) in [6.45, 7) is 8.08. The Morgan fingerprint density at radius 1 is 1.18 bits per heavy atom. The monoisotopic (exact) mass is 258 g/mol. The normalized spacial score (nSPS) is 33.5. The highest BCUT2D eigenvalue weighted by Crippen LogP contribution is 2.43. The molecule has 3 nitrogen and oxygen atoms in total. The third-order valence-corrected chi connectivity index (χ3v) is 6.66. The minimum atomic E-state index is -1.41. The molecule has 4 unspecified atom stereocenters. The third kappa shape index (κ3) is 3.78. The van der Waals surface area contributed by atoms with Crippen molar-refractivity contribution in [1.82, 2.24) is 0 Å². The van der Waals surface area contributed by atoms with Gasteiger partial charge < -0.3 is 13.6 Å². The van der Waals surface area contributed by atoms with Crippen molar-refractivity contribution >= 4 is 9.28 Å². The van der Waals surface area contributed by atoms with Crippen LogP contribution in [-0.2, 0) is 13.6 Å². The van der Waals surface area contributed by atoms with Gasteiger partial charge in [0.1, 0.15) is 0 Å². The maximum Gasteiger partial charge on any atom is 0.321 e. The third-order valence-electron chi connectivity index (χ3n) is 4.12. The standard InChI is InChI=1S/C13H26O3Si/c1-4-14-17(15-5-2)9-10(3)11-6-7-12-13(8-11)16-12/h10-13,17H,4-9H2,1-3H3. The highest BCUT2D eigenvalue weighted by molar-refractivity contribution is 6.44. The quantitative estimate of drug-likeness (QED) is 0.519. The van der Waals surface area contributed by atoms with Crippen LogP contribution in [-0.4, -0.2) is 34.7 Å². The second kappa shape index (κ2) is 6.32. The van der Waals surface area contributed by atoms with Crippen LogP contribution in [0.2, 0.25) is 6.04 Å². The van der Waals surface area contributed by atoms with E-state index in [1.165, 1.54) is 19.3 Å². The van der Waals surface area contributed by atoms with Crippen LogP contribution < -0.4 is 0 Å². The minimum absolute atomic E-state index is 0.593. The molecule has 4 atom stereocenters. The van der Waals surface area contributed by atoms with Crippen LogP contribution in [0.15, 0.2) is 0 Å². The van der Waals surface area contributed by atoms with Gasteiger partial charge in [0.15, 0.2) is 0 Å². The van der Waals surface area contributed by atoms with E-state index in [1.54, 1.807) is 0 Å². The molecular weight excluding hydrogens is 232 g/mol. The molecule has 0 radical (unpaired) electrons. The van der Waals surface area contributed by atoms with Crippen LogP contribution in [0, 0.1) is 11.8 Å². The SMILES string of the molecule is CCO[SiH](CC(C)C1CCC2OC2C1)OCC. The van der Waals surface area contributed by atoms with Crippen LogP contribution in [0.3, 0.4) is 0 Å². The second-order valence-electron chi connectivity index (χ2n) is 5.34. The lowest BCUT2D eigenvalue weighted by atomic mass is 9.82. The number of hydrogen-bond donors (Lipinski definition) is 0. The first kappa shape index (κ1) is 13.5. The van der Waals surface area contributed by atoms with Gasteiger partial charge in [-0.25, -0.2) is 0 Å². The molecule has 1 heterocycles. The lowest BCUT2D eigenvalue weighted by Crippen LogP contribution is -2.29. The largest absolute Gasteiger partial charge is 0.397 e. The topological polar surface area (TPSA) is 31.0 Å². The molecule has 0 aromatic carbocycles. The van der Waals surface area contributed by atoms with Crippen molar-refractivity contribution in [3.63, 3.8) is 0 Å². The average molecular weight is 258 g/mol. The van der Waals surface area contributed by atoms with Crippen LogP contribution in [0.5, 0.6) is 0 Å². The average Bonchev–Trinajstić information content (AvgIpc) is 3.07. The van der Waals surface area contributed by atoms with E-state index in [1.807, 2.05) is 0 Å². The molecule has 0 bridgehead atoms. The predicted molar refractivity (Wildman–Crippen MR) is 70.4 cm³/mol. The lowest BCUT2D eigenvalue weighted by molar-refractivity contribution is 0.198. The molecule has 4 heteroatoms. The summed E-state index contributed by atoms with van der Waals surface area (Å²) in [5.74, 6) is 1.56. The summed E-state index contributed by atoms with van der Waals surface area (Å²) in [5, 5.41) is 0. The van der Waals surface area contributed by atoms with E-state index in [2.05, 4.69) is 20.8 Å². The summed E-state index contributed by atoms with van der Waals surface area (Å²) >= 11 is 0. The Morgan fingerprint density at radius 3 is 2.47 bits per heavy atom. The van der Waals surface area contributed by atoms with Gasteiger partial charge in [-0.3, -0.25) is 0 Å². The minimum Gasteiger partial charge on any atom is -0.397 e.